The molecule has 0 saturated carbocycles. The highest BCUT2D eigenvalue weighted by atomic mass is 16.2. The quantitative estimate of drug-likeness (QED) is 0.676. The number of nitrogens with zero attached hydrogens (tertiary/aromatic N) is 2. The summed E-state index contributed by atoms with van der Waals surface area (Å²) >= 11 is 0. The summed E-state index contributed by atoms with van der Waals surface area (Å²) in [7, 11) is 0. The number of nitrogens with one attached hydrogen (secondary N) is 2. The van der Waals surface area contributed by atoms with Gasteiger partial charge < -0.3 is 11.1 Å². The number of anilines is 1. The number of nitrogens with two attached hydrogens (primary N) is 1. The highest BCUT2D eigenvalue weighted by Gasteiger charge is 2.33. The molecule has 0 radical (unpaired) electrons. The molecule has 3 heterocycles. The molecule has 1 atom stereocenters. The van der Waals surface area contributed by atoms with Crippen LogP contribution < -0.4 is 16.4 Å². The molecule has 4 N–H and O–H groups in total. The first-order chi connectivity index (χ1) is 13.4. The van der Waals surface area contributed by atoms with E-state index in [2.05, 4.69) is 15.6 Å². The van der Waals surface area contributed by atoms with Crippen LogP contribution in [0, 0.1) is 18.3 Å². The smallest absolute Gasteiger partial charge is 0.251 e. The van der Waals surface area contributed by atoms with E-state index >= 15 is 0 Å². The Kier molecular flexibility index (Phi) is 4.08. The van der Waals surface area contributed by atoms with Crippen molar-refractivity contribution in [3.63, 3.8) is 0 Å². The Morgan fingerprint density at radius 3 is 2.71 bits per heavy atom. The lowest BCUT2D eigenvalue weighted by Gasteiger charge is -2.24. The number of carbonyl (C=O) groups excluding carboxylic acids is 3. The Morgan fingerprint density at radius 1 is 1.21 bits per heavy atom. The van der Waals surface area contributed by atoms with Crippen LogP contribution in [0.4, 0.5) is 5.82 Å². The molecule has 140 valence electrons. The largest absolute Gasteiger partial charge is 0.383 e. The number of benzene rings is 1. The van der Waals surface area contributed by atoms with Crippen LogP contribution in [-0.4, -0.2) is 22.7 Å². The molecule has 8 nitrogen and oxygen atoms in total. The molecule has 1 saturated heterocycles. The van der Waals surface area contributed by atoms with Gasteiger partial charge in [-0.1, -0.05) is 0 Å². The third-order valence-electron chi connectivity index (χ3n) is 5.19. The number of aromatic nitrogens is 1. The first-order valence-corrected chi connectivity index (χ1v) is 8.85. The number of hydrogen-bond acceptors (Lipinski definition) is 6. The molecule has 0 aliphatic carbocycles. The minimum absolute atomic E-state index is 0.104. The number of carbonyl (C=O) groups is 3. The van der Waals surface area contributed by atoms with Gasteiger partial charge in [0.2, 0.25) is 11.8 Å². The molecule has 0 bridgehead atoms. The fraction of sp³-hybridized carbons (Fsp3) is 0.250. The van der Waals surface area contributed by atoms with Gasteiger partial charge in [0.15, 0.2) is 0 Å². The lowest BCUT2D eigenvalue weighted by molar-refractivity contribution is -0.134. The number of nitriles is 1. The topological polar surface area (TPSA) is 138 Å². The normalized spacial score (nSPS) is 18.3. The molecule has 0 spiro atoms. The number of imide groups is 1. The van der Waals surface area contributed by atoms with E-state index in [1.807, 2.05) is 19.1 Å². The predicted octanol–water partition coefficient (Wildman–Crippen LogP) is 1.27. The van der Waals surface area contributed by atoms with Crippen LogP contribution in [0.2, 0.25) is 0 Å². The third-order valence-corrected chi connectivity index (χ3v) is 5.19. The summed E-state index contributed by atoms with van der Waals surface area (Å²) in [6.07, 6.45) is 0.573. The summed E-state index contributed by atoms with van der Waals surface area (Å²) in [6, 6.07) is 7.21. The zero-order valence-corrected chi connectivity index (χ0v) is 15.1. The van der Waals surface area contributed by atoms with Crippen LogP contribution in [-0.2, 0) is 16.1 Å². The Labute approximate surface area is 160 Å². The van der Waals surface area contributed by atoms with Gasteiger partial charge in [0, 0.05) is 24.1 Å². The minimum atomic E-state index is -0.579. The Bertz CT molecular complexity index is 1100. The second kappa shape index (κ2) is 6.46. The number of hydrogen-bond donors (Lipinski definition) is 3. The summed E-state index contributed by atoms with van der Waals surface area (Å²) in [5.74, 6) is -1.37. The molecule has 28 heavy (non-hydrogen) atoms. The van der Waals surface area contributed by atoms with Crippen LogP contribution in [0.15, 0.2) is 18.2 Å². The average molecular weight is 375 g/mol. The van der Waals surface area contributed by atoms with Gasteiger partial charge >= 0.3 is 0 Å². The zero-order valence-electron chi connectivity index (χ0n) is 15.1. The van der Waals surface area contributed by atoms with Crippen molar-refractivity contribution in [3.05, 3.63) is 46.0 Å². The van der Waals surface area contributed by atoms with Crippen molar-refractivity contribution in [2.45, 2.75) is 32.2 Å². The second-order valence-electron chi connectivity index (χ2n) is 6.98. The highest BCUT2D eigenvalue weighted by molar-refractivity contribution is 6.03. The molecular formula is C20H17N5O3. The molecule has 2 aliphatic rings. The maximum Gasteiger partial charge on any atom is 0.251 e. The standard InChI is InChI=1S/C20H17N5O3/c1-9-4-10(7-21)18(22)25-17(9)15-5-11-8-23-19(27)13(11)6-14(15)12-2-3-16(26)24-20(12)28/h4-6,12H,2-3,8H2,1H3,(H2,22,25)(H,23,27)(H,24,26,28). The Morgan fingerprint density at radius 2 is 2.00 bits per heavy atom. The van der Waals surface area contributed by atoms with Gasteiger partial charge in [-0.05, 0) is 48.2 Å². The molecule has 3 amide bonds. The third kappa shape index (κ3) is 2.77. The van der Waals surface area contributed by atoms with E-state index in [1.54, 1.807) is 12.1 Å². The number of rotatable bonds is 2. The van der Waals surface area contributed by atoms with E-state index in [4.69, 9.17) is 5.73 Å². The Hall–Kier alpha value is -3.73. The van der Waals surface area contributed by atoms with Crippen molar-refractivity contribution in [1.29, 1.82) is 5.26 Å². The number of amides is 3. The summed E-state index contributed by atoms with van der Waals surface area (Å²) in [4.78, 5) is 40.6. The second-order valence-corrected chi connectivity index (χ2v) is 6.98. The summed E-state index contributed by atoms with van der Waals surface area (Å²) in [5.41, 5.74) is 10.1. The number of aryl methyl sites for hydroxylation is 1. The number of pyridine rings is 1. The summed E-state index contributed by atoms with van der Waals surface area (Å²) in [5, 5.41) is 14.3. The molecule has 1 fully saturated rings. The van der Waals surface area contributed by atoms with E-state index in [1.165, 1.54) is 0 Å². The SMILES string of the molecule is Cc1cc(C#N)c(N)nc1-c1cc2c(cc1C1CCC(=O)NC1=O)C(=O)NC2. The average Bonchev–Trinajstić information content (AvgIpc) is 3.02. The van der Waals surface area contributed by atoms with Gasteiger partial charge in [-0.15, -0.1) is 0 Å². The van der Waals surface area contributed by atoms with Gasteiger partial charge in [0.1, 0.15) is 11.9 Å². The van der Waals surface area contributed by atoms with Gasteiger partial charge in [-0.2, -0.15) is 5.26 Å². The molecule has 4 rings (SSSR count). The van der Waals surface area contributed by atoms with Gasteiger partial charge in [-0.25, -0.2) is 4.98 Å². The van der Waals surface area contributed by atoms with E-state index in [-0.39, 0.29) is 29.6 Å². The van der Waals surface area contributed by atoms with Crippen molar-refractivity contribution in [2.24, 2.45) is 0 Å². The van der Waals surface area contributed by atoms with Gasteiger partial charge in [0.05, 0.1) is 17.2 Å². The fourth-order valence-electron chi connectivity index (χ4n) is 3.76. The van der Waals surface area contributed by atoms with Crippen molar-refractivity contribution in [1.82, 2.24) is 15.6 Å². The molecule has 1 aromatic carbocycles. The number of piperidine rings is 1. The summed E-state index contributed by atoms with van der Waals surface area (Å²) < 4.78 is 0. The predicted molar refractivity (Wildman–Crippen MR) is 99.8 cm³/mol. The number of fused-ring (bicyclic) bond motifs is 1. The fourth-order valence-corrected chi connectivity index (χ4v) is 3.76. The lowest BCUT2D eigenvalue weighted by atomic mass is 9.83. The maximum atomic E-state index is 12.5. The molecule has 1 unspecified atom stereocenters. The lowest BCUT2D eigenvalue weighted by Crippen LogP contribution is -2.39. The van der Waals surface area contributed by atoms with E-state index < -0.39 is 11.8 Å². The van der Waals surface area contributed by atoms with Gasteiger partial charge in [0.25, 0.3) is 5.91 Å². The zero-order chi connectivity index (χ0) is 20.0. The molecule has 2 aliphatic heterocycles. The van der Waals surface area contributed by atoms with Gasteiger partial charge in [-0.3, -0.25) is 19.7 Å². The highest BCUT2D eigenvalue weighted by Crippen LogP contribution is 2.38. The van der Waals surface area contributed by atoms with Crippen molar-refractivity contribution in [2.75, 3.05) is 5.73 Å². The van der Waals surface area contributed by atoms with Crippen LogP contribution in [0.25, 0.3) is 11.3 Å². The molecule has 8 heteroatoms. The minimum Gasteiger partial charge on any atom is -0.383 e. The van der Waals surface area contributed by atoms with Crippen LogP contribution in [0.1, 0.15) is 51.4 Å². The van der Waals surface area contributed by atoms with E-state index in [0.29, 0.717) is 35.3 Å². The van der Waals surface area contributed by atoms with Crippen LogP contribution in [0.5, 0.6) is 0 Å². The van der Waals surface area contributed by atoms with Crippen molar-refractivity contribution < 1.29 is 14.4 Å². The summed E-state index contributed by atoms with van der Waals surface area (Å²) in [6.45, 7) is 2.20. The van der Waals surface area contributed by atoms with Crippen LogP contribution in [0.3, 0.4) is 0 Å². The van der Waals surface area contributed by atoms with E-state index in [0.717, 1.165) is 11.1 Å². The van der Waals surface area contributed by atoms with Crippen LogP contribution >= 0.6 is 0 Å². The number of nitrogen functional groups attached to an aromatic ring is 1. The Balaban J connectivity index is 1.94. The molecular weight excluding hydrogens is 358 g/mol. The molecule has 1 aromatic heterocycles. The first kappa shape index (κ1) is 17.7. The first-order valence-electron chi connectivity index (χ1n) is 8.85. The van der Waals surface area contributed by atoms with E-state index in [9.17, 15) is 19.6 Å². The van der Waals surface area contributed by atoms with Crippen molar-refractivity contribution >= 4 is 23.5 Å². The molecule has 2 aromatic rings. The monoisotopic (exact) mass is 375 g/mol. The maximum absolute atomic E-state index is 12.5. The van der Waals surface area contributed by atoms with Crippen molar-refractivity contribution in [3.8, 4) is 17.3 Å².